The van der Waals surface area contributed by atoms with E-state index >= 15 is 4.39 Å². The summed E-state index contributed by atoms with van der Waals surface area (Å²) >= 11 is 1.49. The van der Waals surface area contributed by atoms with Crippen molar-refractivity contribution < 1.29 is 13.5 Å². The Kier molecular flexibility index (Phi) is 5.84. The summed E-state index contributed by atoms with van der Waals surface area (Å²) in [7, 11) is 1.60. The van der Waals surface area contributed by atoms with Crippen LogP contribution in [0.5, 0.6) is 5.88 Å². The third-order valence-electron chi connectivity index (χ3n) is 7.26. The molecule has 2 atom stereocenters. The molecule has 2 heterocycles. The molecule has 1 aromatic heterocycles. The number of thioether (sulfide) groups is 1. The van der Waals surface area contributed by atoms with Gasteiger partial charge in [0.2, 0.25) is 5.88 Å². The van der Waals surface area contributed by atoms with E-state index in [1.165, 1.54) is 46.1 Å². The van der Waals surface area contributed by atoms with Crippen molar-refractivity contribution in [3.63, 3.8) is 0 Å². The predicted octanol–water partition coefficient (Wildman–Crippen LogP) is 5.25. The van der Waals surface area contributed by atoms with Crippen molar-refractivity contribution in [2.45, 2.75) is 38.6 Å². The maximum absolute atomic E-state index is 15.1. The third kappa shape index (κ3) is 3.76. The zero-order valence-corrected chi connectivity index (χ0v) is 20.3. The Hall–Kier alpha value is -2.93. The molecule has 34 heavy (non-hydrogen) atoms. The first-order valence-electron chi connectivity index (χ1n) is 11.3. The van der Waals surface area contributed by atoms with Crippen LogP contribution in [-0.2, 0) is 24.8 Å². The van der Waals surface area contributed by atoms with Gasteiger partial charge in [0.15, 0.2) is 5.17 Å². The lowest BCUT2D eigenvalue weighted by molar-refractivity contribution is 0.261. The van der Waals surface area contributed by atoms with Gasteiger partial charge in [0.05, 0.1) is 12.6 Å². The zero-order chi connectivity index (χ0) is 24.0. The number of rotatable bonds is 4. The molecule has 4 nitrogen and oxygen atoms in total. The number of benzene rings is 2. The standard InChI is InChI=1S/C27H27F2N3OS/c1-15-5-4-6-16(2)20(15)9-17-13-31-25(33-3)22-12-27(23-8-7-19(28)11-24(23)29)18(10-21(17)22)14-34-26(30)32-27/h4-8,11,13,18H,9-10,12,14H2,1-3H3,(H2,30,32)/t18-,27-/m1/s1. The molecule has 7 heteroatoms. The number of halogens is 2. The second kappa shape index (κ2) is 8.69. The first-order valence-corrected chi connectivity index (χ1v) is 12.3. The largest absolute Gasteiger partial charge is 0.481 e. The first-order chi connectivity index (χ1) is 16.3. The highest BCUT2D eigenvalue weighted by molar-refractivity contribution is 8.13. The Morgan fingerprint density at radius 2 is 1.91 bits per heavy atom. The second-order valence-corrected chi connectivity index (χ2v) is 10.2. The summed E-state index contributed by atoms with van der Waals surface area (Å²) in [4.78, 5) is 9.45. The van der Waals surface area contributed by atoms with E-state index in [4.69, 9.17) is 15.5 Å². The normalized spacial score (nSPS) is 21.4. The molecule has 0 radical (unpaired) electrons. The lowest BCUT2D eigenvalue weighted by Crippen LogP contribution is -2.47. The molecule has 5 rings (SSSR count). The van der Waals surface area contributed by atoms with Crippen LogP contribution in [0.4, 0.5) is 8.78 Å². The molecule has 0 bridgehead atoms. The van der Waals surface area contributed by atoms with Gasteiger partial charge in [-0.15, -0.1) is 0 Å². The van der Waals surface area contributed by atoms with Crippen molar-refractivity contribution in [2.24, 2.45) is 16.6 Å². The second-order valence-electron chi connectivity index (χ2n) is 9.18. The number of hydrogen-bond acceptors (Lipinski definition) is 5. The van der Waals surface area contributed by atoms with Gasteiger partial charge in [-0.3, -0.25) is 4.99 Å². The first kappa shape index (κ1) is 22.8. The van der Waals surface area contributed by atoms with Crippen molar-refractivity contribution in [1.82, 2.24) is 4.98 Å². The highest BCUT2D eigenvalue weighted by atomic mass is 32.2. The Labute approximate surface area is 202 Å². The average Bonchev–Trinajstić information content (AvgIpc) is 2.80. The summed E-state index contributed by atoms with van der Waals surface area (Å²) < 4.78 is 34.6. The van der Waals surface area contributed by atoms with Crippen LogP contribution in [0.1, 0.15) is 38.9 Å². The topological polar surface area (TPSA) is 60.5 Å². The average molecular weight is 480 g/mol. The number of aryl methyl sites for hydroxylation is 2. The number of hydrogen-bond donors (Lipinski definition) is 1. The van der Waals surface area contributed by atoms with Gasteiger partial charge >= 0.3 is 0 Å². The van der Waals surface area contributed by atoms with Crippen LogP contribution >= 0.6 is 11.8 Å². The fourth-order valence-corrected chi connectivity index (χ4v) is 6.48. The Morgan fingerprint density at radius 1 is 1.15 bits per heavy atom. The van der Waals surface area contributed by atoms with Crippen LogP contribution in [-0.4, -0.2) is 23.0 Å². The highest BCUT2D eigenvalue weighted by Gasteiger charge is 2.49. The number of ether oxygens (including phenoxy) is 1. The molecular formula is C27H27F2N3OS. The Bertz CT molecular complexity index is 1290. The summed E-state index contributed by atoms with van der Waals surface area (Å²) in [5.74, 6) is 0.0193. The van der Waals surface area contributed by atoms with Gasteiger partial charge in [-0.05, 0) is 60.6 Å². The summed E-state index contributed by atoms with van der Waals surface area (Å²) in [6.45, 7) is 4.26. The molecule has 2 aromatic carbocycles. The van der Waals surface area contributed by atoms with Crippen molar-refractivity contribution in [2.75, 3.05) is 12.9 Å². The number of nitrogens with zero attached hydrogens (tertiary/aromatic N) is 2. The number of amidine groups is 1. The smallest absolute Gasteiger partial charge is 0.216 e. The molecule has 0 amide bonds. The number of fused-ring (bicyclic) bond motifs is 2. The summed E-state index contributed by atoms with van der Waals surface area (Å²) in [6.07, 6.45) is 3.76. The van der Waals surface area contributed by atoms with Crippen molar-refractivity contribution in [1.29, 1.82) is 0 Å². The maximum Gasteiger partial charge on any atom is 0.216 e. The van der Waals surface area contributed by atoms with Gasteiger partial charge in [0, 0.05) is 41.5 Å². The molecule has 176 valence electrons. The molecule has 1 aliphatic carbocycles. The maximum atomic E-state index is 15.1. The predicted molar refractivity (Wildman–Crippen MR) is 133 cm³/mol. The Morgan fingerprint density at radius 3 is 2.62 bits per heavy atom. The number of nitrogens with two attached hydrogens (primary N) is 1. The fraction of sp³-hybridized carbons (Fsp3) is 0.333. The minimum Gasteiger partial charge on any atom is -0.481 e. The number of methoxy groups -OCH3 is 1. The quantitative estimate of drug-likeness (QED) is 0.555. The van der Waals surface area contributed by atoms with E-state index in [2.05, 4.69) is 37.0 Å². The van der Waals surface area contributed by atoms with Crippen LogP contribution in [0.2, 0.25) is 0 Å². The van der Waals surface area contributed by atoms with Gasteiger partial charge in [-0.25, -0.2) is 13.8 Å². The van der Waals surface area contributed by atoms with Crippen molar-refractivity contribution >= 4 is 16.9 Å². The van der Waals surface area contributed by atoms with E-state index in [1.807, 2.05) is 6.20 Å². The summed E-state index contributed by atoms with van der Waals surface area (Å²) in [5, 5.41) is 0.419. The van der Waals surface area contributed by atoms with E-state index in [0.29, 0.717) is 35.2 Å². The molecule has 0 spiro atoms. The highest BCUT2D eigenvalue weighted by Crippen LogP contribution is 2.50. The third-order valence-corrected chi connectivity index (χ3v) is 8.22. The lowest BCUT2D eigenvalue weighted by Gasteiger charge is -2.45. The van der Waals surface area contributed by atoms with E-state index < -0.39 is 17.2 Å². The van der Waals surface area contributed by atoms with E-state index in [-0.39, 0.29) is 5.92 Å². The lowest BCUT2D eigenvalue weighted by atomic mass is 9.66. The summed E-state index contributed by atoms with van der Waals surface area (Å²) in [6, 6.07) is 10.1. The van der Waals surface area contributed by atoms with E-state index in [9.17, 15) is 4.39 Å². The van der Waals surface area contributed by atoms with Crippen molar-refractivity contribution in [3.8, 4) is 5.88 Å². The van der Waals surface area contributed by atoms with E-state index in [0.717, 1.165) is 23.6 Å². The monoisotopic (exact) mass is 479 g/mol. The number of aromatic nitrogens is 1. The molecule has 2 N–H and O–H groups in total. The van der Waals surface area contributed by atoms with Gasteiger partial charge in [-0.1, -0.05) is 36.0 Å². The molecule has 2 aliphatic rings. The van der Waals surface area contributed by atoms with Crippen LogP contribution in [0.25, 0.3) is 0 Å². The Balaban J connectivity index is 1.67. The number of aliphatic imine (C=N–C) groups is 1. The molecule has 0 saturated heterocycles. The fourth-order valence-electron chi connectivity index (χ4n) is 5.49. The van der Waals surface area contributed by atoms with Crippen molar-refractivity contribution in [3.05, 3.63) is 93.2 Å². The molecule has 0 saturated carbocycles. The van der Waals surface area contributed by atoms with Crippen LogP contribution in [0.15, 0.2) is 47.6 Å². The minimum absolute atomic E-state index is 0.00100. The van der Waals surface area contributed by atoms with Gasteiger partial charge < -0.3 is 10.5 Å². The molecule has 1 aliphatic heterocycles. The van der Waals surface area contributed by atoms with Crippen LogP contribution in [0.3, 0.4) is 0 Å². The minimum atomic E-state index is -0.924. The molecule has 3 aromatic rings. The van der Waals surface area contributed by atoms with Gasteiger partial charge in [-0.2, -0.15) is 0 Å². The van der Waals surface area contributed by atoms with Gasteiger partial charge in [0.25, 0.3) is 0 Å². The van der Waals surface area contributed by atoms with Crippen LogP contribution in [0, 0.1) is 31.4 Å². The van der Waals surface area contributed by atoms with Gasteiger partial charge in [0.1, 0.15) is 11.6 Å². The zero-order valence-electron chi connectivity index (χ0n) is 19.5. The SMILES string of the molecule is COc1ncc(Cc2c(C)cccc2C)c2c1C[C@@]1(c3ccc(F)cc3F)N=C(N)SC[C@H]1C2. The van der Waals surface area contributed by atoms with E-state index in [1.54, 1.807) is 7.11 Å². The molecular weight excluding hydrogens is 452 g/mol. The summed E-state index contributed by atoms with van der Waals surface area (Å²) in [5.41, 5.74) is 12.7. The van der Waals surface area contributed by atoms with Crippen LogP contribution < -0.4 is 10.5 Å². The molecule has 0 unspecified atom stereocenters. The number of pyridine rings is 1. The molecule has 0 fully saturated rings.